The van der Waals surface area contributed by atoms with Crippen molar-refractivity contribution < 1.29 is 9.53 Å². The molecule has 2 N–H and O–H groups in total. The molecule has 2 aliphatic rings. The monoisotopic (exact) mass is 436 g/mol. The number of halogens is 1. The molecule has 3 rings (SSSR count). The maximum Gasteiger partial charge on any atom is 0.225 e. The molecule has 1 saturated carbocycles. The molecule has 0 aromatic heterocycles. The molecule has 2 fully saturated rings. The summed E-state index contributed by atoms with van der Waals surface area (Å²) in [6.45, 7) is 2.28. The van der Waals surface area contributed by atoms with E-state index in [2.05, 4.69) is 31.6 Å². The Bertz CT molecular complexity index is 689. The highest BCUT2D eigenvalue weighted by Gasteiger charge is 2.32. The number of guanidine groups is 1. The Hall–Kier alpha value is -1.76. The van der Waals surface area contributed by atoms with Gasteiger partial charge in [0.15, 0.2) is 5.96 Å². The van der Waals surface area contributed by atoms with Crippen LogP contribution in [0.1, 0.15) is 37.7 Å². The van der Waals surface area contributed by atoms with Gasteiger partial charge in [-0.15, -0.1) is 0 Å². The highest BCUT2D eigenvalue weighted by atomic mass is 79.9. The van der Waals surface area contributed by atoms with Crippen LogP contribution in [0.25, 0.3) is 0 Å². The van der Waals surface area contributed by atoms with Crippen LogP contribution in [0, 0.1) is 5.92 Å². The van der Waals surface area contributed by atoms with Crippen molar-refractivity contribution in [3.63, 3.8) is 0 Å². The second-order valence-electron chi connectivity index (χ2n) is 7.29. The molecule has 0 bridgehead atoms. The minimum absolute atomic E-state index is 0.254. The second-order valence-corrected chi connectivity index (χ2v) is 8.14. The number of methoxy groups -OCH3 is 1. The van der Waals surface area contributed by atoms with E-state index in [-0.39, 0.29) is 12.0 Å². The number of aliphatic imine (C=N–C) groups is 1. The highest BCUT2D eigenvalue weighted by Crippen LogP contribution is 2.28. The molecule has 27 heavy (non-hydrogen) atoms. The number of benzene rings is 1. The predicted molar refractivity (Wildman–Crippen MR) is 111 cm³/mol. The van der Waals surface area contributed by atoms with E-state index in [0.717, 1.165) is 54.1 Å². The Morgan fingerprint density at radius 2 is 2.11 bits per heavy atom. The third-order valence-electron chi connectivity index (χ3n) is 5.44. The summed E-state index contributed by atoms with van der Waals surface area (Å²) >= 11 is 3.51. The van der Waals surface area contributed by atoms with Crippen LogP contribution in [-0.2, 0) is 11.3 Å². The van der Waals surface area contributed by atoms with Gasteiger partial charge in [-0.2, -0.15) is 0 Å². The Kier molecular flexibility index (Phi) is 6.99. The lowest BCUT2D eigenvalue weighted by Gasteiger charge is -2.21. The third-order valence-corrected chi connectivity index (χ3v) is 6.06. The fourth-order valence-electron chi connectivity index (χ4n) is 3.90. The first-order chi connectivity index (χ1) is 13.1. The van der Waals surface area contributed by atoms with E-state index < -0.39 is 0 Å². The molecule has 1 aliphatic carbocycles. The summed E-state index contributed by atoms with van der Waals surface area (Å²) in [7, 11) is 3.43. The van der Waals surface area contributed by atoms with E-state index >= 15 is 0 Å². The van der Waals surface area contributed by atoms with Crippen molar-refractivity contribution in [2.45, 2.75) is 44.7 Å². The minimum Gasteiger partial charge on any atom is -0.496 e. The topological polar surface area (TPSA) is 66.0 Å². The molecule has 7 heteroatoms. The first kappa shape index (κ1) is 20.0. The summed E-state index contributed by atoms with van der Waals surface area (Å²) in [5.41, 5.74) is 1.13. The first-order valence-electron chi connectivity index (χ1n) is 9.69. The lowest BCUT2D eigenvalue weighted by Crippen LogP contribution is -2.45. The lowest BCUT2D eigenvalue weighted by atomic mass is 10.1. The number of ether oxygens (including phenoxy) is 1. The number of hydrogen-bond donors (Lipinski definition) is 2. The fraction of sp³-hybridized carbons (Fsp3) is 0.600. The number of hydrogen-bond acceptors (Lipinski definition) is 3. The molecule has 6 nitrogen and oxygen atoms in total. The minimum atomic E-state index is 0.254. The zero-order valence-corrected chi connectivity index (χ0v) is 17.7. The number of nitrogens with one attached hydrogen (secondary N) is 2. The number of carbonyl (C=O) groups is 1. The first-order valence-corrected chi connectivity index (χ1v) is 10.5. The van der Waals surface area contributed by atoms with E-state index in [4.69, 9.17) is 4.74 Å². The van der Waals surface area contributed by atoms with Crippen LogP contribution in [0.4, 0.5) is 0 Å². The maximum atomic E-state index is 12.6. The molecule has 0 spiro atoms. The van der Waals surface area contributed by atoms with Crippen molar-refractivity contribution in [1.29, 1.82) is 0 Å². The Labute approximate surface area is 169 Å². The van der Waals surface area contributed by atoms with E-state index in [1.807, 2.05) is 23.1 Å². The van der Waals surface area contributed by atoms with Crippen LogP contribution < -0.4 is 15.4 Å². The van der Waals surface area contributed by atoms with Gasteiger partial charge in [-0.3, -0.25) is 9.79 Å². The van der Waals surface area contributed by atoms with Gasteiger partial charge >= 0.3 is 0 Å². The normalized spacial score (nSPS) is 20.8. The van der Waals surface area contributed by atoms with Crippen molar-refractivity contribution in [2.24, 2.45) is 10.9 Å². The molecule has 148 valence electrons. The molecule has 1 saturated heterocycles. The SMILES string of the molecule is CN=C(NCc1ccc(OC)c(Br)c1)NC1CCN(C(=O)C2CCCC2)C1. The average molecular weight is 437 g/mol. The smallest absolute Gasteiger partial charge is 0.225 e. The van der Waals surface area contributed by atoms with Gasteiger partial charge in [-0.1, -0.05) is 18.9 Å². The van der Waals surface area contributed by atoms with Crippen LogP contribution in [0.3, 0.4) is 0 Å². The summed E-state index contributed by atoms with van der Waals surface area (Å²) < 4.78 is 6.20. The number of rotatable bonds is 5. The van der Waals surface area contributed by atoms with Gasteiger partial charge in [0, 0.05) is 38.6 Å². The second kappa shape index (κ2) is 9.44. The number of amides is 1. The quantitative estimate of drug-likeness (QED) is 0.549. The van der Waals surface area contributed by atoms with E-state index in [1.165, 1.54) is 12.8 Å². The number of nitrogens with zero attached hydrogens (tertiary/aromatic N) is 2. The van der Waals surface area contributed by atoms with Crippen LogP contribution in [0.2, 0.25) is 0 Å². The molecular weight excluding hydrogens is 408 g/mol. The Morgan fingerprint density at radius 3 is 2.78 bits per heavy atom. The third kappa shape index (κ3) is 5.15. The zero-order chi connectivity index (χ0) is 19.2. The van der Waals surface area contributed by atoms with Crippen LogP contribution >= 0.6 is 15.9 Å². The van der Waals surface area contributed by atoms with Crippen molar-refractivity contribution in [3.8, 4) is 5.75 Å². The van der Waals surface area contributed by atoms with Gasteiger partial charge in [0.25, 0.3) is 0 Å². The standard InChI is InChI=1S/C20H29BrN4O2/c1-22-20(23-12-14-7-8-18(27-2)17(21)11-14)24-16-9-10-25(13-16)19(26)15-5-3-4-6-15/h7-8,11,15-16H,3-6,9-10,12-13H2,1-2H3,(H2,22,23,24). The Balaban J connectivity index is 1.48. The summed E-state index contributed by atoms with van der Waals surface area (Å²) in [6.07, 6.45) is 5.49. The van der Waals surface area contributed by atoms with Crippen molar-refractivity contribution in [2.75, 3.05) is 27.2 Å². The molecular formula is C20H29BrN4O2. The molecule has 1 amide bonds. The molecule has 1 unspecified atom stereocenters. The lowest BCUT2D eigenvalue weighted by molar-refractivity contribution is -0.134. The Morgan fingerprint density at radius 1 is 1.33 bits per heavy atom. The summed E-state index contributed by atoms with van der Waals surface area (Å²) in [5, 5.41) is 6.81. The molecule has 1 atom stereocenters. The van der Waals surface area contributed by atoms with Gasteiger partial charge in [0.1, 0.15) is 5.75 Å². The van der Waals surface area contributed by atoms with Gasteiger partial charge in [0.2, 0.25) is 5.91 Å². The maximum absolute atomic E-state index is 12.6. The molecule has 1 aromatic carbocycles. The van der Waals surface area contributed by atoms with Crippen molar-refractivity contribution in [1.82, 2.24) is 15.5 Å². The number of carbonyl (C=O) groups excluding carboxylic acids is 1. The molecule has 0 radical (unpaired) electrons. The van der Waals surface area contributed by atoms with Gasteiger partial charge in [0.05, 0.1) is 11.6 Å². The average Bonchev–Trinajstić information content (AvgIpc) is 3.36. The van der Waals surface area contributed by atoms with Crippen molar-refractivity contribution in [3.05, 3.63) is 28.2 Å². The molecule has 1 aliphatic heterocycles. The predicted octanol–water partition coefficient (Wildman–Crippen LogP) is 2.91. The summed E-state index contributed by atoms with van der Waals surface area (Å²) in [6, 6.07) is 6.27. The fourth-order valence-corrected chi connectivity index (χ4v) is 4.49. The van der Waals surface area contributed by atoms with Crippen LogP contribution in [0.15, 0.2) is 27.7 Å². The highest BCUT2D eigenvalue weighted by molar-refractivity contribution is 9.10. The van der Waals surface area contributed by atoms with Crippen molar-refractivity contribution >= 4 is 27.8 Å². The zero-order valence-electron chi connectivity index (χ0n) is 16.1. The van der Waals surface area contributed by atoms with Crippen LogP contribution in [0.5, 0.6) is 5.75 Å². The van der Waals surface area contributed by atoms with Crippen LogP contribution in [-0.4, -0.2) is 50.1 Å². The van der Waals surface area contributed by atoms with E-state index in [0.29, 0.717) is 12.5 Å². The summed E-state index contributed by atoms with van der Waals surface area (Å²) in [5.74, 6) is 2.19. The molecule has 1 heterocycles. The van der Waals surface area contributed by atoms with Gasteiger partial charge in [-0.25, -0.2) is 0 Å². The number of likely N-dealkylation sites (tertiary alicyclic amines) is 1. The summed E-state index contributed by atoms with van der Waals surface area (Å²) in [4.78, 5) is 18.9. The van der Waals surface area contributed by atoms with E-state index in [1.54, 1.807) is 14.2 Å². The largest absolute Gasteiger partial charge is 0.496 e. The van der Waals surface area contributed by atoms with Gasteiger partial charge < -0.3 is 20.3 Å². The molecule has 1 aromatic rings. The van der Waals surface area contributed by atoms with Gasteiger partial charge in [-0.05, 0) is 52.9 Å². The van der Waals surface area contributed by atoms with E-state index in [9.17, 15) is 4.79 Å².